The first kappa shape index (κ1) is 36.2. The van der Waals surface area contributed by atoms with Crippen LogP contribution in [0.2, 0.25) is 0 Å². The number of hydrogen-bond acceptors (Lipinski definition) is 9. The van der Waals surface area contributed by atoms with Crippen molar-refractivity contribution in [3.05, 3.63) is 47.0 Å². The van der Waals surface area contributed by atoms with Crippen LogP contribution in [0.3, 0.4) is 0 Å². The number of ketones is 2. The summed E-state index contributed by atoms with van der Waals surface area (Å²) in [6.07, 6.45) is 6.65. The Hall–Kier alpha value is -4.55. The molecule has 0 radical (unpaired) electrons. The quantitative estimate of drug-likeness (QED) is 0.266. The summed E-state index contributed by atoms with van der Waals surface area (Å²) < 4.78 is 5.55. The number of imidazole rings is 1. The van der Waals surface area contributed by atoms with Gasteiger partial charge < -0.3 is 30.1 Å². The number of methoxy groups -OCH3 is 1. The maximum Gasteiger partial charge on any atom is 0.287 e. The Labute approximate surface area is 298 Å². The highest BCUT2D eigenvalue weighted by molar-refractivity contribution is 6.37. The molecule has 1 aromatic heterocycles. The lowest BCUT2D eigenvalue weighted by Gasteiger charge is -2.35. The van der Waals surface area contributed by atoms with Crippen molar-refractivity contribution in [2.45, 2.75) is 103 Å². The molecule has 4 aliphatic rings. The Morgan fingerprint density at radius 3 is 2.43 bits per heavy atom. The number of nitrogens with one attached hydrogen (secondary N) is 3. The van der Waals surface area contributed by atoms with Crippen molar-refractivity contribution >= 4 is 35.0 Å². The van der Waals surface area contributed by atoms with Gasteiger partial charge in [-0.1, -0.05) is 38.8 Å². The number of benzene rings is 1. The molecule has 274 valence electrons. The number of H-pyrrole nitrogens is 1. The second-order valence-corrected chi connectivity index (χ2v) is 16.1. The third-order valence-corrected chi connectivity index (χ3v) is 10.9. The predicted octanol–water partition coefficient (Wildman–Crippen LogP) is 3.52. The van der Waals surface area contributed by atoms with E-state index in [1.54, 1.807) is 19.6 Å². The van der Waals surface area contributed by atoms with E-state index in [1.165, 1.54) is 11.9 Å². The Balaban J connectivity index is 1.27. The highest BCUT2D eigenvalue weighted by Crippen LogP contribution is 2.47. The molecule has 2 aliphatic carbocycles. The number of aromatic amines is 1. The number of carbonyl (C=O) groups is 5. The average molecular weight is 703 g/mol. The van der Waals surface area contributed by atoms with Crippen LogP contribution in [0, 0.1) is 37.0 Å². The Morgan fingerprint density at radius 1 is 1.14 bits per heavy atom. The van der Waals surface area contributed by atoms with Crippen molar-refractivity contribution in [3.8, 4) is 5.75 Å². The van der Waals surface area contributed by atoms with Crippen LogP contribution in [-0.2, 0) is 28.8 Å². The van der Waals surface area contributed by atoms with Gasteiger partial charge in [-0.3, -0.25) is 24.0 Å². The maximum atomic E-state index is 14.7. The minimum Gasteiger partial charge on any atom is -0.496 e. The normalized spacial score (nSPS) is 25.1. The number of aryl methyl sites for hydroxylation is 2. The number of aromatic nitrogens is 2. The molecule has 3 amide bonds. The summed E-state index contributed by atoms with van der Waals surface area (Å²) in [7, 11) is 3.03. The van der Waals surface area contributed by atoms with Gasteiger partial charge in [0.2, 0.25) is 17.6 Å². The molecule has 13 nitrogen and oxygen atoms in total. The van der Waals surface area contributed by atoms with Gasteiger partial charge in [0.1, 0.15) is 11.8 Å². The fourth-order valence-electron chi connectivity index (χ4n) is 7.86. The molecule has 0 bridgehead atoms. The van der Waals surface area contributed by atoms with Crippen LogP contribution in [0.15, 0.2) is 29.8 Å². The molecule has 1 aromatic carbocycles. The Bertz CT molecular complexity index is 1720. The number of rotatable bonds is 13. The Morgan fingerprint density at radius 2 is 1.84 bits per heavy atom. The van der Waals surface area contributed by atoms with E-state index in [4.69, 9.17) is 9.57 Å². The van der Waals surface area contributed by atoms with E-state index in [-0.39, 0.29) is 42.9 Å². The Kier molecular flexibility index (Phi) is 9.86. The number of oxime groups is 1. The molecule has 51 heavy (non-hydrogen) atoms. The number of amides is 3. The van der Waals surface area contributed by atoms with E-state index >= 15 is 0 Å². The van der Waals surface area contributed by atoms with Gasteiger partial charge in [0.15, 0.2) is 11.4 Å². The van der Waals surface area contributed by atoms with Gasteiger partial charge in [-0.2, -0.15) is 0 Å². The van der Waals surface area contributed by atoms with Crippen molar-refractivity contribution < 1.29 is 33.5 Å². The predicted molar refractivity (Wildman–Crippen MR) is 188 cm³/mol. The molecule has 13 heteroatoms. The van der Waals surface area contributed by atoms with Gasteiger partial charge in [0, 0.05) is 61.5 Å². The highest BCUT2D eigenvalue weighted by atomic mass is 16.7. The second kappa shape index (κ2) is 13.9. The zero-order valence-corrected chi connectivity index (χ0v) is 30.6. The number of Topliss-reactive ketones (excluding diaryl/α,β-unsaturated/α-hetero) is 2. The van der Waals surface area contributed by atoms with Crippen LogP contribution in [0.1, 0.15) is 94.0 Å². The number of likely N-dealkylation sites (N-methyl/N-ethyl adjacent to an activating group) is 1. The van der Waals surface area contributed by atoms with Crippen molar-refractivity contribution in [3.63, 3.8) is 0 Å². The first-order valence-electron chi connectivity index (χ1n) is 17.9. The van der Waals surface area contributed by atoms with E-state index in [0.29, 0.717) is 30.9 Å². The molecule has 3 heterocycles. The minimum atomic E-state index is -0.988. The van der Waals surface area contributed by atoms with E-state index in [9.17, 15) is 24.0 Å². The van der Waals surface area contributed by atoms with E-state index in [2.05, 4.69) is 25.8 Å². The van der Waals surface area contributed by atoms with E-state index < -0.39 is 46.6 Å². The van der Waals surface area contributed by atoms with Crippen molar-refractivity contribution in [2.24, 2.45) is 28.3 Å². The molecule has 1 saturated heterocycles. The lowest BCUT2D eigenvalue weighted by molar-refractivity contribution is -0.145. The molecule has 2 aromatic rings. The molecule has 0 unspecified atom stereocenters. The van der Waals surface area contributed by atoms with Crippen LogP contribution < -0.4 is 15.4 Å². The molecule has 3 fully saturated rings. The third-order valence-electron chi connectivity index (χ3n) is 10.9. The van der Waals surface area contributed by atoms with E-state index in [0.717, 1.165) is 41.0 Å². The molecule has 6 atom stereocenters. The summed E-state index contributed by atoms with van der Waals surface area (Å²) >= 11 is 0. The number of carbonyl (C=O) groups excluding carboxylic acids is 5. The van der Waals surface area contributed by atoms with Gasteiger partial charge in [-0.05, 0) is 61.3 Å². The number of likely N-dealkylation sites (tertiary alicyclic amines) is 1. The SMILES string of the molecule is CNC(=O)C(=O)[C@@H](CC(=O)[C@@H]1C[C@]2(CC(c3cc(C)c(OC)c(C)c3)=NO2)CN1C(=O)[C@@H](NC(=O)[C@H]1C[C@@H]1c1cnc[nH]1)C(C)(C)C)CC1CC1. The number of nitrogens with zero attached hydrogens (tertiary/aromatic N) is 3. The summed E-state index contributed by atoms with van der Waals surface area (Å²) in [6.45, 7) is 9.64. The molecular formula is C38H50N6O7. The third kappa shape index (κ3) is 7.57. The van der Waals surface area contributed by atoms with Crippen LogP contribution in [0.4, 0.5) is 0 Å². The summed E-state index contributed by atoms with van der Waals surface area (Å²) in [5, 5.41) is 9.93. The smallest absolute Gasteiger partial charge is 0.287 e. The monoisotopic (exact) mass is 702 g/mol. The lowest BCUT2D eigenvalue weighted by atomic mass is 9.84. The standard InChI is InChI=1S/C38H50N6O7/c1-20-10-23(11-21(2)32(20)50-7)27-15-38(51-43-27)16-29(30(45)13-24(12-22-8-9-22)31(46)35(48)39-6)44(18-38)36(49)33(37(3,4)5)42-34(47)26-14-25(26)28-17-40-19-41-28/h10-11,17,19,22,24-26,29,33H,8-9,12-16,18H2,1-7H3,(H,39,48)(H,40,41)(H,42,47)/t24-,25+,26+,29+,33-,38-/m1/s1. The summed E-state index contributed by atoms with van der Waals surface area (Å²) in [5.74, 6) is -2.27. The van der Waals surface area contributed by atoms with Crippen molar-refractivity contribution in [2.75, 3.05) is 20.7 Å². The number of ether oxygens (including phenoxy) is 1. The molecule has 2 saturated carbocycles. The summed E-state index contributed by atoms with van der Waals surface area (Å²) in [6, 6.07) is 2.09. The van der Waals surface area contributed by atoms with Gasteiger partial charge in [-0.25, -0.2) is 4.98 Å². The molecule has 1 spiro atoms. The van der Waals surface area contributed by atoms with Gasteiger partial charge in [0.05, 0.1) is 31.7 Å². The van der Waals surface area contributed by atoms with Crippen LogP contribution in [0.5, 0.6) is 5.75 Å². The maximum absolute atomic E-state index is 14.7. The van der Waals surface area contributed by atoms with Crippen LogP contribution in [-0.4, -0.2) is 88.3 Å². The largest absolute Gasteiger partial charge is 0.496 e. The first-order chi connectivity index (χ1) is 24.1. The van der Waals surface area contributed by atoms with Crippen LogP contribution >= 0.6 is 0 Å². The molecule has 6 rings (SSSR count). The van der Waals surface area contributed by atoms with Gasteiger partial charge >= 0.3 is 0 Å². The average Bonchev–Trinajstić information content (AvgIpc) is 3.92. The first-order valence-corrected chi connectivity index (χ1v) is 17.9. The topological polar surface area (TPSA) is 172 Å². The highest BCUT2D eigenvalue weighted by Gasteiger charge is 2.56. The zero-order valence-electron chi connectivity index (χ0n) is 30.6. The van der Waals surface area contributed by atoms with Gasteiger partial charge in [0.25, 0.3) is 5.91 Å². The van der Waals surface area contributed by atoms with Gasteiger partial charge in [-0.15, -0.1) is 0 Å². The van der Waals surface area contributed by atoms with Crippen molar-refractivity contribution in [1.29, 1.82) is 0 Å². The summed E-state index contributed by atoms with van der Waals surface area (Å²) in [4.78, 5) is 83.1. The fraction of sp³-hybridized carbons (Fsp3) is 0.605. The van der Waals surface area contributed by atoms with Crippen molar-refractivity contribution in [1.82, 2.24) is 25.5 Å². The van der Waals surface area contributed by atoms with E-state index in [1.807, 2.05) is 46.8 Å². The summed E-state index contributed by atoms with van der Waals surface area (Å²) in [5.41, 5.74) is 2.65. The second-order valence-electron chi connectivity index (χ2n) is 16.1. The fourth-order valence-corrected chi connectivity index (χ4v) is 7.86. The number of hydrogen-bond donors (Lipinski definition) is 3. The molecule has 3 N–H and O–H groups in total. The zero-order chi connectivity index (χ0) is 36.8. The molecular weight excluding hydrogens is 652 g/mol. The van der Waals surface area contributed by atoms with Crippen LogP contribution in [0.25, 0.3) is 0 Å². The minimum absolute atomic E-state index is 0.00143. The lowest BCUT2D eigenvalue weighted by Crippen LogP contribution is -2.57. The molecule has 2 aliphatic heterocycles.